The molecular weight excluding hydrogens is 382 g/mol. The number of pyridine rings is 1. The van der Waals surface area contributed by atoms with Crippen molar-refractivity contribution >= 4 is 0 Å². The third-order valence-electron chi connectivity index (χ3n) is 5.99. The maximum Gasteiger partial charge on any atom is 0.0801 e. The first-order valence-electron chi connectivity index (χ1n) is 10.8. The first-order valence-corrected chi connectivity index (χ1v) is 10.8. The van der Waals surface area contributed by atoms with Crippen LogP contribution in [0.2, 0.25) is 0 Å². The Morgan fingerprint density at radius 2 is 1.45 bits per heavy atom. The van der Waals surface area contributed by atoms with E-state index in [0.29, 0.717) is 0 Å². The molecule has 0 saturated carbocycles. The van der Waals surface area contributed by atoms with Gasteiger partial charge < -0.3 is 4.90 Å². The number of hydrogen-bond donors (Lipinski definition) is 0. The summed E-state index contributed by atoms with van der Waals surface area (Å²) in [6.07, 6.45) is 5.77. The van der Waals surface area contributed by atoms with Gasteiger partial charge in [-0.1, -0.05) is 42.5 Å². The van der Waals surface area contributed by atoms with E-state index in [2.05, 4.69) is 81.1 Å². The molecule has 2 aromatic heterocycles. The molecule has 1 fully saturated rings. The molecule has 0 spiro atoms. The number of likely N-dealkylation sites (N-methyl/N-ethyl adjacent to an activating group) is 1. The SMILES string of the molecule is CN1CCN(Cc2cnn(-c3ccc(-c4ccccc4)cc3)c2-c2cccnc2)CC1. The quantitative estimate of drug-likeness (QED) is 0.491. The minimum absolute atomic E-state index is 0.903. The Bertz CT molecular complexity index is 1110. The summed E-state index contributed by atoms with van der Waals surface area (Å²) in [7, 11) is 2.19. The van der Waals surface area contributed by atoms with Crippen LogP contribution in [0.4, 0.5) is 0 Å². The number of benzene rings is 2. The molecule has 0 bridgehead atoms. The van der Waals surface area contributed by atoms with E-state index in [-0.39, 0.29) is 0 Å². The standard InChI is InChI=1S/C26H27N5/c1-29-14-16-30(17-15-29)20-24-19-28-31(26(24)23-8-5-13-27-18-23)25-11-9-22(10-12-25)21-6-3-2-4-7-21/h2-13,18-19H,14-17,20H2,1H3. The van der Waals surface area contributed by atoms with Gasteiger partial charge >= 0.3 is 0 Å². The van der Waals surface area contributed by atoms with Gasteiger partial charge in [-0.15, -0.1) is 0 Å². The predicted molar refractivity (Wildman–Crippen MR) is 125 cm³/mol. The number of aromatic nitrogens is 3. The predicted octanol–water partition coefficient (Wildman–Crippen LogP) is 4.35. The van der Waals surface area contributed by atoms with Gasteiger partial charge in [-0.2, -0.15) is 5.10 Å². The molecule has 2 aromatic carbocycles. The van der Waals surface area contributed by atoms with Gasteiger partial charge in [-0.25, -0.2) is 4.68 Å². The van der Waals surface area contributed by atoms with Gasteiger partial charge in [-0.3, -0.25) is 9.88 Å². The average molecular weight is 410 g/mol. The molecule has 0 aliphatic carbocycles. The van der Waals surface area contributed by atoms with Gasteiger partial charge in [0, 0.05) is 56.2 Å². The molecule has 0 N–H and O–H groups in total. The smallest absolute Gasteiger partial charge is 0.0801 e. The maximum absolute atomic E-state index is 4.80. The molecule has 5 heteroatoms. The fourth-order valence-corrected chi connectivity index (χ4v) is 4.18. The van der Waals surface area contributed by atoms with Crippen molar-refractivity contribution in [3.8, 4) is 28.1 Å². The number of nitrogens with zero attached hydrogens (tertiary/aromatic N) is 5. The van der Waals surface area contributed by atoms with Gasteiger partial charge in [-0.05, 0) is 42.4 Å². The van der Waals surface area contributed by atoms with Crippen LogP contribution >= 0.6 is 0 Å². The largest absolute Gasteiger partial charge is 0.304 e. The van der Waals surface area contributed by atoms with Crippen LogP contribution in [0.3, 0.4) is 0 Å². The minimum atomic E-state index is 0.903. The zero-order valence-electron chi connectivity index (χ0n) is 17.9. The van der Waals surface area contributed by atoms with E-state index in [0.717, 1.165) is 49.7 Å². The molecule has 0 atom stereocenters. The normalized spacial score (nSPS) is 15.3. The van der Waals surface area contributed by atoms with Crippen molar-refractivity contribution in [1.29, 1.82) is 0 Å². The zero-order chi connectivity index (χ0) is 21.0. The Hall–Kier alpha value is -3.28. The third kappa shape index (κ3) is 4.29. The van der Waals surface area contributed by atoms with Crippen LogP contribution in [0, 0.1) is 0 Å². The summed E-state index contributed by atoms with van der Waals surface area (Å²) in [5, 5.41) is 4.80. The summed E-state index contributed by atoms with van der Waals surface area (Å²) < 4.78 is 2.05. The summed E-state index contributed by atoms with van der Waals surface area (Å²) in [4.78, 5) is 9.26. The lowest BCUT2D eigenvalue weighted by molar-refractivity contribution is 0.148. The fraction of sp³-hybridized carbons (Fsp3) is 0.231. The number of piperazine rings is 1. The molecule has 0 amide bonds. The van der Waals surface area contributed by atoms with E-state index in [1.165, 1.54) is 16.7 Å². The first-order chi connectivity index (χ1) is 15.3. The van der Waals surface area contributed by atoms with Crippen molar-refractivity contribution in [2.75, 3.05) is 33.2 Å². The molecule has 0 unspecified atom stereocenters. The molecular formula is C26H27N5. The van der Waals surface area contributed by atoms with E-state index < -0.39 is 0 Å². The van der Waals surface area contributed by atoms with Crippen molar-refractivity contribution < 1.29 is 0 Å². The van der Waals surface area contributed by atoms with Crippen molar-refractivity contribution in [3.63, 3.8) is 0 Å². The molecule has 1 aliphatic heterocycles. The van der Waals surface area contributed by atoms with Gasteiger partial charge in [0.15, 0.2) is 0 Å². The Morgan fingerprint density at radius 1 is 0.742 bits per heavy atom. The second kappa shape index (κ2) is 8.84. The van der Waals surface area contributed by atoms with E-state index in [4.69, 9.17) is 5.10 Å². The molecule has 3 heterocycles. The molecule has 4 aromatic rings. The van der Waals surface area contributed by atoms with Crippen LogP contribution < -0.4 is 0 Å². The van der Waals surface area contributed by atoms with Crippen LogP contribution in [0.1, 0.15) is 5.56 Å². The Balaban J connectivity index is 1.49. The van der Waals surface area contributed by atoms with Crippen LogP contribution in [0.15, 0.2) is 85.3 Å². The monoisotopic (exact) mass is 409 g/mol. The van der Waals surface area contributed by atoms with Crippen LogP contribution in [-0.2, 0) is 6.54 Å². The molecule has 1 aliphatic rings. The van der Waals surface area contributed by atoms with Gasteiger partial charge in [0.2, 0.25) is 0 Å². The maximum atomic E-state index is 4.80. The topological polar surface area (TPSA) is 37.2 Å². The van der Waals surface area contributed by atoms with Gasteiger partial charge in [0.05, 0.1) is 17.6 Å². The second-order valence-corrected chi connectivity index (χ2v) is 8.16. The summed E-state index contributed by atoms with van der Waals surface area (Å²) >= 11 is 0. The zero-order valence-corrected chi connectivity index (χ0v) is 17.9. The Kier molecular flexibility index (Phi) is 5.61. The summed E-state index contributed by atoms with van der Waals surface area (Å²) in [6.45, 7) is 5.29. The molecule has 1 saturated heterocycles. The lowest BCUT2D eigenvalue weighted by atomic mass is 10.1. The van der Waals surface area contributed by atoms with Crippen LogP contribution in [0.25, 0.3) is 28.1 Å². The molecule has 31 heavy (non-hydrogen) atoms. The van der Waals surface area contributed by atoms with E-state index >= 15 is 0 Å². The number of rotatable bonds is 5. The highest BCUT2D eigenvalue weighted by atomic mass is 15.3. The molecule has 5 nitrogen and oxygen atoms in total. The second-order valence-electron chi connectivity index (χ2n) is 8.16. The lowest BCUT2D eigenvalue weighted by Crippen LogP contribution is -2.43. The van der Waals surface area contributed by atoms with Crippen molar-refractivity contribution in [2.24, 2.45) is 0 Å². The van der Waals surface area contributed by atoms with Crippen molar-refractivity contribution in [3.05, 3.63) is 90.9 Å². The van der Waals surface area contributed by atoms with E-state index in [1.54, 1.807) is 0 Å². The average Bonchev–Trinajstić information content (AvgIpc) is 3.25. The van der Waals surface area contributed by atoms with Crippen LogP contribution in [-0.4, -0.2) is 57.8 Å². The molecule has 156 valence electrons. The highest BCUT2D eigenvalue weighted by molar-refractivity contribution is 5.67. The lowest BCUT2D eigenvalue weighted by Gasteiger charge is -2.32. The Morgan fingerprint density at radius 3 is 2.16 bits per heavy atom. The minimum Gasteiger partial charge on any atom is -0.304 e. The highest BCUT2D eigenvalue weighted by Gasteiger charge is 2.20. The summed E-state index contributed by atoms with van der Waals surface area (Å²) in [6, 6.07) is 23.2. The Labute approximate surface area is 183 Å². The summed E-state index contributed by atoms with van der Waals surface area (Å²) in [5.41, 5.74) is 6.94. The highest BCUT2D eigenvalue weighted by Crippen LogP contribution is 2.28. The van der Waals surface area contributed by atoms with Crippen LogP contribution in [0.5, 0.6) is 0 Å². The van der Waals surface area contributed by atoms with E-state index in [1.807, 2.05) is 30.7 Å². The number of hydrogen-bond acceptors (Lipinski definition) is 4. The van der Waals surface area contributed by atoms with Crippen molar-refractivity contribution in [2.45, 2.75) is 6.54 Å². The first kappa shape index (κ1) is 19.7. The van der Waals surface area contributed by atoms with Gasteiger partial charge in [0.25, 0.3) is 0 Å². The molecule has 0 radical (unpaired) electrons. The molecule has 5 rings (SSSR count). The van der Waals surface area contributed by atoms with Crippen molar-refractivity contribution in [1.82, 2.24) is 24.6 Å². The summed E-state index contributed by atoms with van der Waals surface area (Å²) in [5.74, 6) is 0. The third-order valence-corrected chi connectivity index (χ3v) is 5.99. The van der Waals surface area contributed by atoms with E-state index in [9.17, 15) is 0 Å². The van der Waals surface area contributed by atoms with Gasteiger partial charge in [0.1, 0.15) is 0 Å². The fourth-order valence-electron chi connectivity index (χ4n) is 4.18.